The Bertz CT molecular complexity index is 1170. The first kappa shape index (κ1) is 23.7. The minimum Gasteiger partial charge on any atom is -0.444 e. The lowest BCUT2D eigenvalue weighted by Crippen LogP contribution is -2.47. The Hall–Kier alpha value is -3.42. The average molecular weight is 466 g/mol. The van der Waals surface area contributed by atoms with E-state index in [0.717, 1.165) is 48.8 Å². The lowest BCUT2D eigenvalue weighted by Gasteiger charge is -2.37. The number of rotatable bonds is 4. The van der Waals surface area contributed by atoms with Crippen molar-refractivity contribution in [2.45, 2.75) is 46.3 Å². The molecule has 0 bridgehead atoms. The van der Waals surface area contributed by atoms with Crippen molar-refractivity contribution in [3.63, 3.8) is 0 Å². The van der Waals surface area contributed by atoms with Gasteiger partial charge in [-0.1, -0.05) is 6.07 Å². The highest BCUT2D eigenvalue weighted by Gasteiger charge is 2.26. The molecule has 1 N–H and O–H groups in total. The van der Waals surface area contributed by atoms with Gasteiger partial charge >= 0.3 is 6.09 Å². The van der Waals surface area contributed by atoms with Gasteiger partial charge < -0.3 is 19.9 Å². The Kier molecular flexibility index (Phi) is 6.59. The number of piperazine rings is 1. The van der Waals surface area contributed by atoms with Gasteiger partial charge in [-0.05, 0) is 65.0 Å². The van der Waals surface area contributed by atoms with Crippen LogP contribution in [0.1, 0.15) is 44.9 Å². The van der Waals surface area contributed by atoms with Gasteiger partial charge in [0.25, 0.3) is 0 Å². The van der Waals surface area contributed by atoms with Crippen LogP contribution in [0.25, 0.3) is 10.9 Å². The zero-order valence-corrected chi connectivity index (χ0v) is 20.4. The molecule has 8 heteroatoms. The fourth-order valence-corrected chi connectivity index (χ4v) is 4.19. The summed E-state index contributed by atoms with van der Waals surface area (Å²) in [5, 5.41) is 3.77. The second-order valence-electron chi connectivity index (χ2n) is 9.68. The Labute approximate surface area is 199 Å². The number of fused-ring (bicyclic) bond motifs is 1. The molecule has 0 spiro atoms. The van der Waals surface area contributed by atoms with E-state index >= 15 is 0 Å². The van der Waals surface area contributed by atoms with E-state index in [4.69, 9.17) is 9.72 Å². The number of carbonyl (C=O) groups excluding carboxylic acids is 1. The number of aryl methyl sites for hydroxylation is 1. The van der Waals surface area contributed by atoms with Crippen LogP contribution in [-0.4, -0.2) is 47.8 Å². The number of anilines is 2. The first-order valence-corrected chi connectivity index (χ1v) is 11.6. The van der Waals surface area contributed by atoms with Crippen molar-refractivity contribution in [2.24, 2.45) is 0 Å². The predicted octanol–water partition coefficient (Wildman–Crippen LogP) is 4.99. The maximum atomic E-state index is 14.3. The molecular formula is C26H32FN5O2. The molecule has 3 aromatic rings. The summed E-state index contributed by atoms with van der Waals surface area (Å²) in [7, 11) is 0. The van der Waals surface area contributed by atoms with Crippen molar-refractivity contribution in [1.29, 1.82) is 0 Å². The minimum absolute atomic E-state index is 0.279. The largest absolute Gasteiger partial charge is 0.444 e. The van der Waals surface area contributed by atoms with E-state index in [1.807, 2.05) is 52.0 Å². The molecule has 180 valence electrons. The highest BCUT2D eigenvalue weighted by Crippen LogP contribution is 2.32. The Morgan fingerprint density at radius 2 is 1.82 bits per heavy atom. The lowest BCUT2D eigenvalue weighted by atomic mass is 10.0. The summed E-state index contributed by atoms with van der Waals surface area (Å²) in [6, 6.07) is 10.7. The van der Waals surface area contributed by atoms with Crippen molar-refractivity contribution >= 4 is 28.6 Å². The molecule has 0 unspecified atom stereocenters. The van der Waals surface area contributed by atoms with E-state index in [9.17, 15) is 9.18 Å². The molecule has 4 rings (SSSR count). The normalized spacial score (nSPS) is 15.4. The number of amides is 1. The number of nitrogens with zero attached hydrogens (tertiary/aromatic N) is 4. The second-order valence-corrected chi connectivity index (χ2v) is 9.68. The van der Waals surface area contributed by atoms with E-state index in [1.54, 1.807) is 19.2 Å². The fourth-order valence-electron chi connectivity index (χ4n) is 4.19. The van der Waals surface area contributed by atoms with Crippen molar-refractivity contribution in [3.05, 3.63) is 59.5 Å². The second kappa shape index (κ2) is 9.44. The molecule has 7 nitrogen and oxygen atoms in total. The molecular weight excluding hydrogens is 433 g/mol. The van der Waals surface area contributed by atoms with E-state index in [2.05, 4.69) is 20.1 Å². The van der Waals surface area contributed by atoms with Crippen LogP contribution in [0.4, 0.5) is 20.8 Å². The van der Waals surface area contributed by atoms with Crippen molar-refractivity contribution in [3.8, 4) is 0 Å². The van der Waals surface area contributed by atoms with Gasteiger partial charge in [0, 0.05) is 48.9 Å². The average Bonchev–Trinajstić information content (AvgIpc) is 2.80. The highest BCUT2D eigenvalue weighted by atomic mass is 19.1. The third-order valence-corrected chi connectivity index (χ3v) is 5.94. The van der Waals surface area contributed by atoms with Crippen LogP contribution in [0.15, 0.2) is 42.6 Å². The number of hydrogen-bond acceptors (Lipinski definition) is 6. The van der Waals surface area contributed by atoms with Crippen LogP contribution < -0.4 is 15.1 Å². The molecule has 2 aromatic heterocycles. The molecule has 1 aliphatic heterocycles. The monoisotopic (exact) mass is 465 g/mol. The summed E-state index contributed by atoms with van der Waals surface area (Å²) in [5.41, 5.74) is 1.43. The SMILES string of the molecule is Cc1c(F)ccc2cc([C@H](C)NC(=O)OC(C)(C)C)c(N3CCN(c4ccccn4)CC3)nc12. The summed E-state index contributed by atoms with van der Waals surface area (Å²) < 4.78 is 19.8. The Morgan fingerprint density at radius 1 is 1.12 bits per heavy atom. The topological polar surface area (TPSA) is 70.6 Å². The number of benzene rings is 1. The first-order valence-electron chi connectivity index (χ1n) is 11.6. The third kappa shape index (κ3) is 5.21. The first-order chi connectivity index (χ1) is 16.1. The standard InChI is InChI=1S/C26H32FN5O2/c1-17-21(27)10-9-19-16-20(18(2)29-25(33)34-26(3,4)5)24(30-23(17)19)32-14-12-31(13-15-32)22-8-6-7-11-28-22/h6-11,16,18H,12-15H2,1-5H3,(H,29,33)/t18-/m0/s1. The summed E-state index contributed by atoms with van der Waals surface area (Å²) in [6.45, 7) is 12.2. The van der Waals surface area contributed by atoms with Gasteiger partial charge in [0.15, 0.2) is 0 Å². The quantitative estimate of drug-likeness (QED) is 0.585. The number of halogens is 1. The summed E-state index contributed by atoms with van der Waals surface area (Å²) in [5.74, 6) is 1.43. The molecule has 34 heavy (non-hydrogen) atoms. The smallest absolute Gasteiger partial charge is 0.408 e. The van der Waals surface area contributed by atoms with E-state index < -0.39 is 11.7 Å². The number of carbonyl (C=O) groups is 1. The van der Waals surface area contributed by atoms with Crippen LogP contribution in [0.2, 0.25) is 0 Å². The highest BCUT2D eigenvalue weighted by molar-refractivity contribution is 5.85. The zero-order chi connectivity index (χ0) is 24.5. The predicted molar refractivity (Wildman–Crippen MR) is 133 cm³/mol. The van der Waals surface area contributed by atoms with Gasteiger partial charge in [-0.2, -0.15) is 0 Å². The van der Waals surface area contributed by atoms with Crippen LogP contribution in [0.3, 0.4) is 0 Å². The fraction of sp³-hybridized carbons (Fsp3) is 0.423. The van der Waals surface area contributed by atoms with Crippen LogP contribution >= 0.6 is 0 Å². The van der Waals surface area contributed by atoms with Crippen LogP contribution in [-0.2, 0) is 4.74 Å². The van der Waals surface area contributed by atoms with Crippen LogP contribution in [0.5, 0.6) is 0 Å². The van der Waals surface area contributed by atoms with Crippen molar-refractivity contribution < 1.29 is 13.9 Å². The van der Waals surface area contributed by atoms with Gasteiger partial charge in [0.1, 0.15) is 23.1 Å². The molecule has 0 saturated carbocycles. The van der Waals surface area contributed by atoms with Gasteiger partial charge in [-0.15, -0.1) is 0 Å². The summed E-state index contributed by atoms with van der Waals surface area (Å²) >= 11 is 0. The molecule has 1 aliphatic rings. The van der Waals surface area contributed by atoms with Crippen molar-refractivity contribution in [2.75, 3.05) is 36.0 Å². The molecule has 1 amide bonds. The van der Waals surface area contributed by atoms with Gasteiger partial charge in [0.05, 0.1) is 11.6 Å². The number of pyridine rings is 2. The summed E-state index contributed by atoms with van der Waals surface area (Å²) in [4.78, 5) is 26.3. The molecule has 1 aromatic carbocycles. The van der Waals surface area contributed by atoms with E-state index in [1.165, 1.54) is 6.07 Å². The molecule has 0 radical (unpaired) electrons. The lowest BCUT2D eigenvalue weighted by molar-refractivity contribution is 0.0508. The molecule has 1 saturated heterocycles. The van der Waals surface area contributed by atoms with Gasteiger partial charge in [0.2, 0.25) is 0 Å². The maximum absolute atomic E-state index is 14.3. The molecule has 0 aliphatic carbocycles. The number of hydrogen-bond donors (Lipinski definition) is 1. The number of ether oxygens (including phenoxy) is 1. The third-order valence-electron chi connectivity index (χ3n) is 5.94. The number of aromatic nitrogens is 2. The van der Waals surface area contributed by atoms with Crippen LogP contribution in [0, 0.1) is 12.7 Å². The van der Waals surface area contributed by atoms with E-state index in [-0.39, 0.29) is 11.9 Å². The minimum atomic E-state index is -0.593. The maximum Gasteiger partial charge on any atom is 0.408 e. The van der Waals surface area contributed by atoms with Gasteiger partial charge in [-0.3, -0.25) is 0 Å². The Balaban J connectivity index is 1.65. The summed E-state index contributed by atoms with van der Waals surface area (Å²) in [6.07, 6.45) is 1.31. The van der Waals surface area contributed by atoms with Crippen molar-refractivity contribution in [1.82, 2.24) is 15.3 Å². The molecule has 1 atom stereocenters. The zero-order valence-electron chi connectivity index (χ0n) is 20.4. The molecule has 1 fully saturated rings. The van der Waals surface area contributed by atoms with E-state index in [0.29, 0.717) is 11.1 Å². The molecule has 3 heterocycles. The number of nitrogens with one attached hydrogen (secondary N) is 1. The number of alkyl carbamates (subject to hydrolysis) is 1. The Morgan fingerprint density at radius 3 is 2.47 bits per heavy atom. The van der Waals surface area contributed by atoms with Gasteiger partial charge in [-0.25, -0.2) is 19.2 Å².